The minimum Gasteiger partial charge on any atom is -0.340 e. The maximum Gasteiger partial charge on any atom is 0.261 e. The summed E-state index contributed by atoms with van der Waals surface area (Å²) in [5, 5.41) is 0. The molecule has 26 heavy (non-hydrogen) atoms. The molecule has 2 heterocycles. The molecule has 3 amide bonds. The van der Waals surface area contributed by atoms with E-state index in [1.165, 1.54) is 17.7 Å². The zero-order valence-electron chi connectivity index (χ0n) is 15.7. The first-order valence-electron chi connectivity index (χ1n) is 9.48. The van der Waals surface area contributed by atoms with Gasteiger partial charge in [-0.1, -0.05) is 25.0 Å². The molecule has 1 aromatic rings. The summed E-state index contributed by atoms with van der Waals surface area (Å²) >= 11 is 0. The summed E-state index contributed by atoms with van der Waals surface area (Å²) in [4.78, 5) is 42.8. The average molecular weight is 357 g/mol. The summed E-state index contributed by atoms with van der Waals surface area (Å²) in [5.74, 6) is -0.555. The van der Waals surface area contributed by atoms with E-state index in [2.05, 4.69) is 11.8 Å². The molecule has 0 spiro atoms. The van der Waals surface area contributed by atoms with Crippen LogP contribution in [0.3, 0.4) is 0 Å². The molecule has 2 aliphatic rings. The second-order valence-electron chi connectivity index (χ2n) is 7.14. The van der Waals surface area contributed by atoms with Gasteiger partial charge in [0.25, 0.3) is 11.8 Å². The van der Waals surface area contributed by atoms with Crippen molar-refractivity contribution < 1.29 is 14.4 Å². The largest absolute Gasteiger partial charge is 0.340 e. The van der Waals surface area contributed by atoms with E-state index in [1.807, 2.05) is 17.9 Å². The monoisotopic (exact) mass is 357 g/mol. The van der Waals surface area contributed by atoms with Crippen molar-refractivity contribution in [1.29, 1.82) is 0 Å². The lowest BCUT2D eigenvalue weighted by atomic mass is 10.1. The summed E-state index contributed by atoms with van der Waals surface area (Å²) in [5.41, 5.74) is 1.84. The summed E-state index contributed by atoms with van der Waals surface area (Å²) < 4.78 is 0. The van der Waals surface area contributed by atoms with E-state index in [0.717, 1.165) is 38.3 Å². The van der Waals surface area contributed by atoms with Gasteiger partial charge < -0.3 is 4.90 Å². The minimum absolute atomic E-state index is 0.0212. The molecule has 0 aliphatic carbocycles. The number of unbranched alkanes of at least 4 members (excludes halogenated alkanes) is 1. The third-order valence-corrected chi connectivity index (χ3v) is 5.23. The SMILES string of the molecule is CCCCN1CCN(C(=O)CCN2C(=O)c3ccc(C)cc3C2=O)CC1. The van der Waals surface area contributed by atoms with Crippen molar-refractivity contribution in [3.8, 4) is 0 Å². The van der Waals surface area contributed by atoms with Crippen molar-refractivity contribution in [1.82, 2.24) is 14.7 Å². The smallest absolute Gasteiger partial charge is 0.261 e. The van der Waals surface area contributed by atoms with Gasteiger partial charge in [0.2, 0.25) is 5.91 Å². The molecule has 0 N–H and O–H groups in total. The number of amides is 3. The molecule has 140 valence electrons. The third-order valence-electron chi connectivity index (χ3n) is 5.23. The fourth-order valence-corrected chi connectivity index (χ4v) is 3.58. The molecule has 3 rings (SSSR count). The van der Waals surface area contributed by atoms with E-state index in [1.54, 1.807) is 12.1 Å². The fraction of sp³-hybridized carbons (Fsp3) is 0.550. The zero-order chi connectivity index (χ0) is 18.7. The molecule has 2 aliphatic heterocycles. The van der Waals surface area contributed by atoms with Crippen LogP contribution >= 0.6 is 0 Å². The molecule has 0 bridgehead atoms. The summed E-state index contributed by atoms with van der Waals surface area (Å²) in [6, 6.07) is 5.27. The summed E-state index contributed by atoms with van der Waals surface area (Å²) in [7, 11) is 0. The van der Waals surface area contributed by atoms with Gasteiger partial charge in [-0.3, -0.25) is 24.2 Å². The maximum absolute atomic E-state index is 12.5. The maximum atomic E-state index is 12.5. The van der Waals surface area contributed by atoms with Crippen LogP contribution in [0.25, 0.3) is 0 Å². The Labute approximate surface area is 154 Å². The molecule has 0 aromatic heterocycles. The van der Waals surface area contributed by atoms with E-state index < -0.39 is 0 Å². The first kappa shape index (κ1) is 18.6. The standard InChI is InChI=1S/C20H27N3O3/c1-3-4-8-21-10-12-22(13-11-21)18(24)7-9-23-19(25)16-6-5-15(2)14-17(16)20(23)26/h5-6,14H,3-4,7-13H2,1-2H3. The Morgan fingerprint density at radius 3 is 2.38 bits per heavy atom. The van der Waals surface area contributed by atoms with Crippen LogP contribution in [0.4, 0.5) is 0 Å². The molecule has 1 fully saturated rings. The summed E-state index contributed by atoms with van der Waals surface area (Å²) in [6.45, 7) is 8.57. The van der Waals surface area contributed by atoms with Crippen LogP contribution in [0, 0.1) is 6.92 Å². The zero-order valence-corrected chi connectivity index (χ0v) is 15.7. The van der Waals surface area contributed by atoms with Crippen molar-refractivity contribution in [2.24, 2.45) is 0 Å². The highest BCUT2D eigenvalue weighted by Crippen LogP contribution is 2.24. The Morgan fingerprint density at radius 2 is 1.69 bits per heavy atom. The van der Waals surface area contributed by atoms with Crippen LogP contribution in [-0.4, -0.2) is 71.7 Å². The molecular formula is C20H27N3O3. The molecule has 0 unspecified atom stereocenters. The number of hydrogen-bond acceptors (Lipinski definition) is 4. The van der Waals surface area contributed by atoms with Crippen LogP contribution in [0.5, 0.6) is 0 Å². The average Bonchev–Trinajstić information content (AvgIpc) is 2.88. The Morgan fingerprint density at radius 1 is 1.00 bits per heavy atom. The number of aryl methyl sites for hydroxylation is 1. The second-order valence-corrected chi connectivity index (χ2v) is 7.14. The van der Waals surface area contributed by atoms with E-state index in [0.29, 0.717) is 11.1 Å². The minimum atomic E-state index is -0.290. The van der Waals surface area contributed by atoms with Gasteiger partial charge in [-0.15, -0.1) is 0 Å². The quantitative estimate of drug-likeness (QED) is 0.730. The number of fused-ring (bicyclic) bond motifs is 1. The van der Waals surface area contributed by atoms with E-state index in [9.17, 15) is 14.4 Å². The lowest BCUT2D eigenvalue weighted by molar-refractivity contribution is -0.133. The van der Waals surface area contributed by atoms with Crippen molar-refractivity contribution in [3.63, 3.8) is 0 Å². The Hall–Kier alpha value is -2.21. The van der Waals surface area contributed by atoms with Gasteiger partial charge in [0.15, 0.2) is 0 Å². The van der Waals surface area contributed by atoms with Crippen LogP contribution in [0.2, 0.25) is 0 Å². The molecule has 6 nitrogen and oxygen atoms in total. The first-order valence-corrected chi connectivity index (χ1v) is 9.48. The topological polar surface area (TPSA) is 60.9 Å². The summed E-state index contributed by atoms with van der Waals surface area (Å²) in [6.07, 6.45) is 2.56. The second kappa shape index (κ2) is 7.99. The molecule has 1 saturated heterocycles. The lowest BCUT2D eigenvalue weighted by Crippen LogP contribution is -2.49. The van der Waals surface area contributed by atoms with Crippen LogP contribution < -0.4 is 0 Å². The van der Waals surface area contributed by atoms with E-state index in [-0.39, 0.29) is 30.7 Å². The molecule has 0 radical (unpaired) electrons. The van der Waals surface area contributed by atoms with Crippen molar-refractivity contribution >= 4 is 17.7 Å². The number of carbonyl (C=O) groups excluding carboxylic acids is 3. The molecule has 6 heteroatoms. The molecular weight excluding hydrogens is 330 g/mol. The first-order chi connectivity index (χ1) is 12.5. The van der Waals surface area contributed by atoms with Gasteiger partial charge in [0.05, 0.1) is 11.1 Å². The van der Waals surface area contributed by atoms with Gasteiger partial charge in [-0.05, 0) is 32.0 Å². The van der Waals surface area contributed by atoms with Crippen molar-refractivity contribution in [3.05, 3.63) is 34.9 Å². The van der Waals surface area contributed by atoms with Gasteiger partial charge in [0, 0.05) is 39.1 Å². The van der Waals surface area contributed by atoms with Gasteiger partial charge in [-0.25, -0.2) is 0 Å². The Bertz CT molecular complexity index is 708. The molecule has 0 atom stereocenters. The number of hydrogen-bond donors (Lipinski definition) is 0. The van der Waals surface area contributed by atoms with Crippen molar-refractivity contribution in [2.75, 3.05) is 39.3 Å². The third kappa shape index (κ3) is 3.80. The predicted molar refractivity (Wildman–Crippen MR) is 99.1 cm³/mol. The highest BCUT2D eigenvalue weighted by Gasteiger charge is 2.35. The van der Waals surface area contributed by atoms with E-state index >= 15 is 0 Å². The van der Waals surface area contributed by atoms with Gasteiger partial charge in [-0.2, -0.15) is 0 Å². The predicted octanol–water partition coefficient (Wildman–Crippen LogP) is 1.93. The highest BCUT2D eigenvalue weighted by molar-refractivity contribution is 6.21. The van der Waals surface area contributed by atoms with Crippen LogP contribution in [0.15, 0.2) is 18.2 Å². The number of benzene rings is 1. The van der Waals surface area contributed by atoms with Crippen LogP contribution in [0.1, 0.15) is 52.5 Å². The normalized spacial score (nSPS) is 17.8. The Balaban J connectivity index is 1.51. The number of carbonyl (C=O) groups is 3. The lowest BCUT2D eigenvalue weighted by Gasteiger charge is -2.35. The Kier molecular flexibility index (Phi) is 5.71. The fourth-order valence-electron chi connectivity index (χ4n) is 3.58. The van der Waals surface area contributed by atoms with Crippen molar-refractivity contribution in [2.45, 2.75) is 33.1 Å². The van der Waals surface area contributed by atoms with E-state index in [4.69, 9.17) is 0 Å². The van der Waals surface area contributed by atoms with Gasteiger partial charge in [0.1, 0.15) is 0 Å². The number of rotatable bonds is 6. The number of imide groups is 1. The number of piperazine rings is 1. The number of nitrogens with zero attached hydrogens (tertiary/aromatic N) is 3. The highest BCUT2D eigenvalue weighted by atomic mass is 16.2. The molecule has 1 aromatic carbocycles. The van der Waals surface area contributed by atoms with Gasteiger partial charge >= 0.3 is 0 Å². The molecule has 0 saturated carbocycles. The van der Waals surface area contributed by atoms with Crippen LogP contribution in [-0.2, 0) is 4.79 Å².